The van der Waals surface area contributed by atoms with E-state index < -0.39 is 0 Å². The fourth-order valence-electron chi connectivity index (χ4n) is 2.67. The maximum Gasteiger partial charge on any atom is 0.162 e. The van der Waals surface area contributed by atoms with Gasteiger partial charge in [0, 0.05) is 0 Å². The molecular weight excluding hydrogens is 276 g/mol. The lowest BCUT2D eigenvalue weighted by Gasteiger charge is -2.16. The minimum Gasteiger partial charge on any atom is -0.493 e. The van der Waals surface area contributed by atoms with Crippen molar-refractivity contribution in [2.45, 2.75) is 31.8 Å². The van der Waals surface area contributed by atoms with Crippen molar-refractivity contribution in [3.63, 3.8) is 0 Å². The standard InChI is InChI=1S/C18H20N2O2/c1-21-17-9-8-14(6-7-15-10-11-19-20-13-15)12-18(17)22-16-4-2-3-5-16/h6-13,16H,2-5H2,1H3. The zero-order valence-corrected chi connectivity index (χ0v) is 12.7. The van der Waals surface area contributed by atoms with Crippen LogP contribution in [0.2, 0.25) is 0 Å². The summed E-state index contributed by atoms with van der Waals surface area (Å²) in [6.07, 6.45) is 12.5. The predicted octanol–water partition coefficient (Wildman–Crippen LogP) is 3.98. The summed E-state index contributed by atoms with van der Waals surface area (Å²) in [5.41, 5.74) is 2.09. The van der Waals surface area contributed by atoms with Crippen molar-refractivity contribution >= 4 is 12.2 Å². The second-order valence-corrected chi connectivity index (χ2v) is 5.44. The number of hydrogen-bond acceptors (Lipinski definition) is 4. The van der Waals surface area contributed by atoms with Crippen molar-refractivity contribution in [1.82, 2.24) is 10.2 Å². The molecule has 1 aromatic heterocycles. The van der Waals surface area contributed by atoms with Crippen molar-refractivity contribution < 1.29 is 9.47 Å². The molecule has 1 aliphatic rings. The molecule has 0 atom stereocenters. The summed E-state index contributed by atoms with van der Waals surface area (Å²) in [6.45, 7) is 0. The number of nitrogens with zero attached hydrogens (tertiary/aromatic N) is 2. The minimum absolute atomic E-state index is 0.317. The zero-order chi connectivity index (χ0) is 15.2. The largest absolute Gasteiger partial charge is 0.493 e. The van der Waals surface area contributed by atoms with Crippen LogP contribution in [0.4, 0.5) is 0 Å². The third kappa shape index (κ3) is 3.64. The molecular formula is C18H20N2O2. The third-order valence-electron chi connectivity index (χ3n) is 3.86. The van der Waals surface area contributed by atoms with E-state index in [9.17, 15) is 0 Å². The number of aromatic nitrogens is 2. The van der Waals surface area contributed by atoms with Crippen LogP contribution in [0.1, 0.15) is 36.8 Å². The van der Waals surface area contributed by atoms with Crippen LogP contribution < -0.4 is 9.47 Å². The molecule has 0 aliphatic heterocycles. The molecule has 3 rings (SSSR count). The zero-order valence-electron chi connectivity index (χ0n) is 12.7. The van der Waals surface area contributed by atoms with Gasteiger partial charge in [-0.1, -0.05) is 18.2 Å². The lowest BCUT2D eigenvalue weighted by molar-refractivity contribution is 0.201. The van der Waals surface area contributed by atoms with Gasteiger partial charge in [0.2, 0.25) is 0 Å². The summed E-state index contributed by atoms with van der Waals surface area (Å²) < 4.78 is 11.5. The Morgan fingerprint density at radius 3 is 2.55 bits per heavy atom. The molecule has 1 aliphatic carbocycles. The van der Waals surface area contributed by atoms with Crippen LogP contribution in [0.5, 0.6) is 11.5 Å². The Labute approximate surface area is 130 Å². The van der Waals surface area contributed by atoms with Crippen LogP contribution >= 0.6 is 0 Å². The Balaban J connectivity index is 1.78. The van der Waals surface area contributed by atoms with E-state index in [-0.39, 0.29) is 0 Å². The average molecular weight is 296 g/mol. The summed E-state index contributed by atoms with van der Waals surface area (Å²) in [4.78, 5) is 0. The summed E-state index contributed by atoms with van der Waals surface area (Å²) in [7, 11) is 1.68. The highest BCUT2D eigenvalue weighted by atomic mass is 16.5. The van der Waals surface area contributed by atoms with Crippen LogP contribution in [0, 0.1) is 0 Å². The SMILES string of the molecule is COc1ccc(C=Cc2ccnnc2)cc1OC1CCCC1. The molecule has 1 fully saturated rings. The van der Waals surface area contributed by atoms with E-state index in [1.165, 1.54) is 12.8 Å². The van der Waals surface area contributed by atoms with Crippen molar-refractivity contribution in [3.05, 3.63) is 47.8 Å². The number of hydrogen-bond donors (Lipinski definition) is 0. The summed E-state index contributed by atoms with van der Waals surface area (Å²) in [5.74, 6) is 1.61. The molecule has 22 heavy (non-hydrogen) atoms. The van der Waals surface area contributed by atoms with Gasteiger partial charge in [-0.2, -0.15) is 10.2 Å². The van der Waals surface area contributed by atoms with E-state index in [4.69, 9.17) is 9.47 Å². The maximum atomic E-state index is 6.11. The van der Waals surface area contributed by atoms with E-state index in [1.807, 2.05) is 36.4 Å². The highest BCUT2D eigenvalue weighted by Gasteiger charge is 2.18. The highest BCUT2D eigenvalue weighted by Crippen LogP contribution is 2.32. The van der Waals surface area contributed by atoms with Crippen LogP contribution in [-0.4, -0.2) is 23.4 Å². The molecule has 2 aromatic rings. The Bertz CT molecular complexity index is 635. The normalized spacial score (nSPS) is 15.3. The molecule has 1 heterocycles. The van der Waals surface area contributed by atoms with Gasteiger partial charge < -0.3 is 9.47 Å². The monoisotopic (exact) mass is 296 g/mol. The molecule has 0 spiro atoms. The Morgan fingerprint density at radius 2 is 1.82 bits per heavy atom. The van der Waals surface area contributed by atoms with Gasteiger partial charge >= 0.3 is 0 Å². The maximum absolute atomic E-state index is 6.11. The van der Waals surface area contributed by atoms with Crippen molar-refractivity contribution in [2.75, 3.05) is 7.11 Å². The second kappa shape index (κ2) is 7.07. The molecule has 4 heteroatoms. The lowest BCUT2D eigenvalue weighted by atomic mass is 10.1. The second-order valence-electron chi connectivity index (χ2n) is 5.44. The first kappa shape index (κ1) is 14.6. The van der Waals surface area contributed by atoms with Gasteiger partial charge in [0.1, 0.15) is 0 Å². The molecule has 0 saturated heterocycles. The smallest absolute Gasteiger partial charge is 0.162 e. The molecule has 1 aromatic carbocycles. The fraction of sp³-hybridized carbons (Fsp3) is 0.333. The van der Waals surface area contributed by atoms with Crippen molar-refractivity contribution in [2.24, 2.45) is 0 Å². The van der Waals surface area contributed by atoms with Crippen LogP contribution in [-0.2, 0) is 0 Å². The van der Waals surface area contributed by atoms with E-state index >= 15 is 0 Å². The fourth-order valence-corrected chi connectivity index (χ4v) is 2.67. The molecule has 1 saturated carbocycles. The average Bonchev–Trinajstić information content (AvgIpc) is 3.07. The molecule has 114 valence electrons. The number of benzene rings is 1. The number of rotatable bonds is 5. The Morgan fingerprint density at radius 1 is 1.00 bits per heavy atom. The van der Waals surface area contributed by atoms with Gasteiger partial charge in [0.05, 0.1) is 25.6 Å². The highest BCUT2D eigenvalue weighted by molar-refractivity contribution is 5.70. The Kier molecular flexibility index (Phi) is 4.68. The van der Waals surface area contributed by atoms with E-state index in [2.05, 4.69) is 10.2 Å². The molecule has 0 radical (unpaired) electrons. The van der Waals surface area contributed by atoms with Crippen LogP contribution in [0.25, 0.3) is 12.2 Å². The molecule has 0 amide bonds. The molecule has 4 nitrogen and oxygen atoms in total. The van der Waals surface area contributed by atoms with Gasteiger partial charge in [-0.25, -0.2) is 0 Å². The van der Waals surface area contributed by atoms with E-state index in [0.717, 1.165) is 35.5 Å². The first-order valence-corrected chi connectivity index (χ1v) is 7.64. The minimum atomic E-state index is 0.317. The summed E-state index contributed by atoms with van der Waals surface area (Å²) >= 11 is 0. The Hall–Kier alpha value is -2.36. The quantitative estimate of drug-likeness (QED) is 0.837. The molecule has 0 N–H and O–H groups in total. The first-order valence-electron chi connectivity index (χ1n) is 7.64. The van der Waals surface area contributed by atoms with E-state index in [1.54, 1.807) is 19.5 Å². The lowest BCUT2D eigenvalue weighted by Crippen LogP contribution is -2.11. The first-order chi connectivity index (χ1) is 10.8. The van der Waals surface area contributed by atoms with Gasteiger partial charge in [-0.15, -0.1) is 0 Å². The van der Waals surface area contributed by atoms with Crippen molar-refractivity contribution in [3.8, 4) is 11.5 Å². The summed E-state index contributed by atoms with van der Waals surface area (Å²) in [5, 5.41) is 7.64. The van der Waals surface area contributed by atoms with Gasteiger partial charge in [-0.05, 0) is 55.0 Å². The molecule has 0 bridgehead atoms. The third-order valence-corrected chi connectivity index (χ3v) is 3.86. The molecule has 0 unspecified atom stereocenters. The topological polar surface area (TPSA) is 44.2 Å². The van der Waals surface area contributed by atoms with Crippen molar-refractivity contribution in [1.29, 1.82) is 0 Å². The van der Waals surface area contributed by atoms with E-state index in [0.29, 0.717) is 6.10 Å². The van der Waals surface area contributed by atoms with Gasteiger partial charge in [0.15, 0.2) is 11.5 Å². The van der Waals surface area contributed by atoms with Crippen LogP contribution in [0.3, 0.4) is 0 Å². The van der Waals surface area contributed by atoms with Crippen LogP contribution in [0.15, 0.2) is 36.7 Å². The number of ether oxygens (including phenoxy) is 2. The summed E-state index contributed by atoms with van der Waals surface area (Å²) in [6, 6.07) is 7.92. The van der Waals surface area contributed by atoms with Gasteiger partial charge in [0.25, 0.3) is 0 Å². The number of methoxy groups -OCH3 is 1. The predicted molar refractivity (Wildman–Crippen MR) is 86.8 cm³/mol. The van der Waals surface area contributed by atoms with Gasteiger partial charge in [-0.3, -0.25) is 0 Å².